The second-order valence-corrected chi connectivity index (χ2v) is 4.29. The summed E-state index contributed by atoms with van der Waals surface area (Å²) in [6.45, 7) is 2.05. The maximum absolute atomic E-state index is 11.5. The summed E-state index contributed by atoms with van der Waals surface area (Å²) in [6.07, 6.45) is 1.72. The molecule has 0 aromatic carbocycles. The van der Waals surface area contributed by atoms with Crippen molar-refractivity contribution in [1.82, 2.24) is 15.6 Å². The molecule has 1 rings (SSSR count). The van der Waals surface area contributed by atoms with Crippen LogP contribution in [0.5, 0.6) is 0 Å². The number of urea groups is 1. The molecule has 1 aromatic rings. The molecule has 0 bridgehead atoms. The Kier molecular flexibility index (Phi) is 5.38. The maximum atomic E-state index is 11.5. The van der Waals surface area contributed by atoms with E-state index < -0.39 is 0 Å². The van der Waals surface area contributed by atoms with Gasteiger partial charge in [0.15, 0.2) is 0 Å². The number of hydrogen-bond donors (Lipinski definition) is 3. The van der Waals surface area contributed by atoms with Crippen molar-refractivity contribution in [3.8, 4) is 0 Å². The molecule has 0 aliphatic rings. The number of aliphatic hydroxyl groups excluding tert-OH is 1. The minimum absolute atomic E-state index is 0.0801. The molecule has 0 aliphatic carbocycles. The lowest BCUT2D eigenvalue weighted by Crippen LogP contribution is -2.42. The van der Waals surface area contributed by atoms with Crippen LogP contribution in [0.15, 0.2) is 18.3 Å². The molecule has 0 spiro atoms. The molecule has 1 atom stereocenters. The van der Waals surface area contributed by atoms with Crippen LogP contribution in [-0.2, 0) is 6.54 Å². The highest BCUT2D eigenvalue weighted by Crippen LogP contribution is 2.13. The van der Waals surface area contributed by atoms with Crippen molar-refractivity contribution < 1.29 is 9.90 Å². The molecule has 0 unspecified atom stereocenters. The zero-order valence-corrected chi connectivity index (χ0v) is 11.0. The number of carbonyl (C=O) groups excluding carboxylic acids is 1. The topological polar surface area (TPSA) is 77.5 Å². The summed E-state index contributed by atoms with van der Waals surface area (Å²) in [4.78, 5) is 17.6. The molecule has 6 nitrogen and oxygen atoms in total. The number of nitrogens with zero attached hydrogens (tertiary/aromatic N) is 2. The summed E-state index contributed by atoms with van der Waals surface area (Å²) in [5, 5.41) is 14.2. The normalized spacial score (nSPS) is 11.8. The third kappa shape index (κ3) is 4.21. The van der Waals surface area contributed by atoms with Gasteiger partial charge < -0.3 is 20.6 Å². The molecule has 0 fully saturated rings. The van der Waals surface area contributed by atoms with E-state index in [4.69, 9.17) is 5.11 Å². The van der Waals surface area contributed by atoms with Crippen LogP contribution in [0.3, 0.4) is 0 Å². The molecular formula is C12H20N4O2. The van der Waals surface area contributed by atoms with Gasteiger partial charge in [0.05, 0.1) is 12.6 Å². The van der Waals surface area contributed by atoms with E-state index in [0.717, 1.165) is 11.4 Å². The van der Waals surface area contributed by atoms with Crippen molar-refractivity contribution in [3.63, 3.8) is 0 Å². The van der Waals surface area contributed by atoms with Crippen molar-refractivity contribution >= 4 is 11.8 Å². The van der Waals surface area contributed by atoms with E-state index in [1.165, 1.54) is 0 Å². The number of nitrogens with one attached hydrogen (secondary N) is 2. The Morgan fingerprint density at radius 3 is 2.89 bits per heavy atom. The minimum atomic E-state index is -0.301. The number of rotatable bonds is 5. The summed E-state index contributed by atoms with van der Waals surface area (Å²) in [6, 6.07) is 3.19. The van der Waals surface area contributed by atoms with E-state index in [0.29, 0.717) is 6.54 Å². The van der Waals surface area contributed by atoms with E-state index in [-0.39, 0.29) is 18.7 Å². The van der Waals surface area contributed by atoms with E-state index >= 15 is 0 Å². The number of aliphatic hydroxyl groups is 1. The summed E-state index contributed by atoms with van der Waals surface area (Å²) < 4.78 is 0. The number of carbonyl (C=O) groups is 1. The van der Waals surface area contributed by atoms with E-state index in [1.54, 1.807) is 13.1 Å². The first-order chi connectivity index (χ1) is 8.54. The smallest absolute Gasteiger partial charge is 0.315 e. The average Bonchev–Trinajstić information content (AvgIpc) is 2.36. The van der Waals surface area contributed by atoms with Crippen molar-refractivity contribution in [2.75, 3.05) is 25.6 Å². The number of aromatic nitrogens is 1. The van der Waals surface area contributed by atoms with Gasteiger partial charge >= 0.3 is 6.03 Å². The lowest BCUT2D eigenvalue weighted by molar-refractivity contribution is 0.220. The minimum Gasteiger partial charge on any atom is -0.394 e. The SMILES string of the molecule is C[C@H](CO)NC(=O)NCc1cccnc1N(C)C. The monoisotopic (exact) mass is 252 g/mol. The van der Waals surface area contributed by atoms with Gasteiger partial charge in [-0.3, -0.25) is 0 Å². The first-order valence-corrected chi connectivity index (χ1v) is 5.81. The van der Waals surface area contributed by atoms with Crippen LogP contribution in [0, 0.1) is 0 Å². The molecule has 1 aromatic heterocycles. The van der Waals surface area contributed by atoms with Crippen LogP contribution >= 0.6 is 0 Å². The molecular weight excluding hydrogens is 232 g/mol. The van der Waals surface area contributed by atoms with Gasteiger partial charge in [-0.15, -0.1) is 0 Å². The molecule has 1 heterocycles. The van der Waals surface area contributed by atoms with Crippen LogP contribution in [0.2, 0.25) is 0 Å². The maximum Gasteiger partial charge on any atom is 0.315 e. The zero-order chi connectivity index (χ0) is 13.5. The molecule has 0 aliphatic heterocycles. The molecule has 6 heteroatoms. The second kappa shape index (κ2) is 6.80. The summed E-state index contributed by atoms with van der Waals surface area (Å²) in [5.41, 5.74) is 0.939. The van der Waals surface area contributed by atoms with Crippen LogP contribution in [0.4, 0.5) is 10.6 Å². The molecule has 0 saturated carbocycles. The lowest BCUT2D eigenvalue weighted by Gasteiger charge is -2.17. The predicted octanol–water partition coefficient (Wildman–Crippen LogP) is 0.328. The number of anilines is 1. The quantitative estimate of drug-likeness (QED) is 0.705. The Hall–Kier alpha value is -1.82. The fraction of sp³-hybridized carbons (Fsp3) is 0.500. The fourth-order valence-corrected chi connectivity index (χ4v) is 1.47. The predicted molar refractivity (Wildman–Crippen MR) is 70.5 cm³/mol. The number of amides is 2. The Labute approximate surface area is 107 Å². The van der Waals surface area contributed by atoms with Gasteiger partial charge in [-0.05, 0) is 13.0 Å². The summed E-state index contributed by atoms with van der Waals surface area (Å²) >= 11 is 0. The molecule has 0 radical (unpaired) electrons. The molecule has 0 saturated heterocycles. The molecule has 2 amide bonds. The van der Waals surface area contributed by atoms with Crippen molar-refractivity contribution in [3.05, 3.63) is 23.9 Å². The third-order valence-electron chi connectivity index (χ3n) is 2.38. The van der Waals surface area contributed by atoms with Gasteiger partial charge in [-0.25, -0.2) is 9.78 Å². The highest BCUT2D eigenvalue weighted by atomic mass is 16.3. The largest absolute Gasteiger partial charge is 0.394 e. The van der Waals surface area contributed by atoms with Crippen molar-refractivity contribution in [2.24, 2.45) is 0 Å². The molecule has 18 heavy (non-hydrogen) atoms. The lowest BCUT2D eigenvalue weighted by atomic mass is 10.2. The van der Waals surface area contributed by atoms with Crippen molar-refractivity contribution in [1.29, 1.82) is 0 Å². The third-order valence-corrected chi connectivity index (χ3v) is 2.38. The highest BCUT2D eigenvalue weighted by Gasteiger charge is 2.08. The van der Waals surface area contributed by atoms with Gasteiger partial charge in [0.1, 0.15) is 5.82 Å². The van der Waals surface area contributed by atoms with Gasteiger partial charge in [0.2, 0.25) is 0 Å². The standard InChI is InChI=1S/C12H20N4O2/c1-9(8-17)15-12(18)14-7-10-5-4-6-13-11(10)16(2)3/h4-6,9,17H,7-8H2,1-3H3,(H2,14,15,18)/t9-/m1/s1. The second-order valence-electron chi connectivity index (χ2n) is 4.29. The average molecular weight is 252 g/mol. The summed E-state index contributed by atoms with van der Waals surface area (Å²) in [5.74, 6) is 0.827. The van der Waals surface area contributed by atoms with Gasteiger partial charge in [-0.2, -0.15) is 0 Å². The van der Waals surface area contributed by atoms with Gasteiger partial charge in [0.25, 0.3) is 0 Å². The van der Waals surface area contributed by atoms with E-state index in [9.17, 15) is 4.79 Å². The van der Waals surface area contributed by atoms with Crippen molar-refractivity contribution in [2.45, 2.75) is 19.5 Å². The van der Waals surface area contributed by atoms with E-state index in [2.05, 4.69) is 15.6 Å². The Balaban J connectivity index is 2.56. The first-order valence-electron chi connectivity index (χ1n) is 5.81. The van der Waals surface area contributed by atoms with Crippen LogP contribution in [0.25, 0.3) is 0 Å². The van der Waals surface area contributed by atoms with Crippen LogP contribution in [-0.4, -0.2) is 42.9 Å². The Morgan fingerprint density at radius 2 is 2.28 bits per heavy atom. The van der Waals surface area contributed by atoms with Crippen LogP contribution < -0.4 is 15.5 Å². The number of hydrogen-bond acceptors (Lipinski definition) is 4. The van der Waals surface area contributed by atoms with E-state index in [1.807, 2.05) is 31.1 Å². The summed E-state index contributed by atoms with van der Waals surface area (Å²) in [7, 11) is 3.81. The van der Waals surface area contributed by atoms with Crippen LogP contribution in [0.1, 0.15) is 12.5 Å². The highest BCUT2D eigenvalue weighted by molar-refractivity contribution is 5.74. The van der Waals surface area contributed by atoms with Gasteiger partial charge in [0, 0.05) is 32.4 Å². The number of pyridine rings is 1. The zero-order valence-electron chi connectivity index (χ0n) is 11.0. The van der Waals surface area contributed by atoms with Gasteiger partial charge in [-0.1, -0.05) is 6.07 Å². The Bertz CT molecular complexity index is 395. The first kappa shape index (κ1) is 14.2. The fourth-order valence-electron chi connectivity index (χ4n) is 1.47. The molecule has 3 N–H and O–H groups in total. The molecule has 100 valence electrons. The Morgan fingerprint density at radius 1 is 1.56 bits per heavy atom.